The van der Waals surface area contributed by atoms with E-state index in [1.54, 1.807) is 19.2 Å². The van der Waals surface area contributed by atoms with Crippen molar-refractivity contribution in [1.29, 1.82) is 0 Å². The molecule has 0 amide bonds. The van der Waals surface area contributed by atoms with Crippen molar-refractivity contribution in [2.24, 2.45) is 0 Å². The smallest absolute Gasteiger partial charge is 0.276 e. The summed E-state index contributed by atoms with van der Waals surface area (Å²) in [6, 6.07) is 14.9. The van der Waals surface area contributed by atoms with Gasteiger partial charge < -0.3 is 25.2 Å². The van der Waals surface area contributed by atoms with Crippen LogP contribution in [0.4, 0.5) is 11.4 Å². The van der Waals surface area contributed by atoms with Gasteiger partial charge in [0.25, 0.3) is 5.22 Å². The van der Waals surface area contributed by atoms with Gasteiger partial charge >= 0.3 is 0 Å². The van der Waals surface area contributed by atoms with Crippen LogP contribution in [0, 0.1) is 0 Å². The average Bonchev–Trinajstić information content (AvgIpc) is 3.50. The standard InChI is InChI=1S/C11H12N4OS2.C9H9N3OS.CH4/c1-12-11(18)13-8-4-2-7(3-5-8)10-15-14-9(6-17)16-10;1-14-9-12-11-8(13-9)6-2-4-7(10)5-3-6;/h2-5,17H,6H2,1H3,(H2,12,13,18);2-5H,10H2,1H3;1H4. The van der Waals surface area contributed by atoms with Gasteiger partial charge in [-0.1, -0.05) is 19.2 Å². The summed E-state index contributed by atoms with van der Waals surface area (Å²) in [4.78, 5) is 0. The van der Waals surface area contributed by atoms with Gasteiger partial charge in [-0.15, -0.1) is 20.4 Å². The summed E-state index contributed by atoms with van der Waals surface area (Å²) in [7, 11) is 1.77. The Bertz CT molecular complexity index is 1150. The normalized spacial score (nSPS) is 9.91. The van der Waals surface area contributed by atoms with Gasteiger partial charge in [0.15, 0.2) is 5.11 Å². The first-order valence-electron chi connectivity index (χ1n) is 9.28. The number of nitrogens with two attached hydrogens (primary N) is 1. The van der Waals surface area contributed by atoms with Gasteiger partial charge in [0.05, 0.1) is 5.75 Å². The van der Waals surface area contributed by atoms with Crippen LogP contribution < -0.4 is 16.4 Å². The van der Waals surface area contributed by atoms with Gasteiger partial charge in [-0.3, -0.25) is 0 Å². The number of nitrogen functional groups attached to an aromatic ring is 1. The van der Waals surface area contributed by atoms with Crippen LogP contribution in [0.3, 0.4) is 0 Å². The molecule has 4 aromatic rings. The zero-order valence-electron chi connectivity index (χ0n) is 17.3. The second-order valence-electron chi connectivity index (χ2n) is 6.14. The van der Waals surface area contributed by atoms with E-state index in [0.717, 1.165) is 22.5 Å². The molecular weight excluding hydrogens is 478 g/mol. The number of thioether (sulfide) groups is 1. The van der Waals surface area contributed by atoms with Crippen LogP contribution in [0.2, 0.25) is 0 Å². The quantitative estimate of drug-likeness (QED) is 0.130. The fraction of sp³-hybridized carbons (Fsp3) is 0.190. The summed E-state index contributed by atoms with van der Waals surface area (Å²) in [5.41, 5.74) is 8.92. The molecule has 2 aromatic carbocycles. The van der Waals surface area contributed by atoms with E-state index in [1.165, 1.54) is 11.8 Å². The second kappa shape index (κ2) is 12.8. The van der Waals surface area contributed by atoms with Gasteiger partial charge in [-0.05, 0) is 67.0 Å². The van der Waals surface area contributed by atoms with Crippen LogP contribution in [-0.4, -0.2) is 38.8 Å². The number of anilines is 2. The molecule has 0 aliphatic carbocycles. The lowest BCUT2D eigenvalue weighted by molar-refractivity contribution is 0.466. The zero-order chi connectivity index (χ0) is 22.9. The summed E-state index contributed by atoms with van der Waals surface area (Å²) >= 11 is 10.5. The number of thiocarbonyl (C=S) groups is 1. The molecule has 33 heavy (non-hydrogen) atoms. The predicted molar refractivity (Wildman–Crippen MR) is 140 cm³/mol. The first kappa shape index (κ1) is 26.2. The fourth-order valence-electron chi connectivity index (χ4n) is 2.36. The van der Waals surface area contributed by atoms with E-state index < -0.39 is 0 Å². The third-order valence-corrected chi connectivity index (χ3v) is 5.05. The van der Waals surface area contributed by atoms with Crippen molar-refractivity contribution in [3.05, 3.63) is 54.4 Å². The molecule has 2 aromatic heterocycles. The molecule has 174 valence electrons. The maximum Gasteiger partial charge on any atom is 0.276 e. The molecule has 0 aliphatic heterocycles. The lowest BCUT2D eigenvalue weighted by atomic mass is 10.2. The first-order chi connectivity index (χ1) is 15.5. The summed E-state index contributed by atoms with van der Waals surface area (Å²) in [6.07, 6.45) is 1.89. The highest BCUT2D eigenvalue weighted by Crippen LogP contribution is 2.22. The van der Waals surface area contributed by atoms with E-state index in [9.17, 15) is 0 Å². The second-order valence-corrected chi connectivity index (χ2v) is 7.62. The minimum absolute atomic E-state index is 0. The molecule has 0 unspecified atom stereocenters. The molecular formula is C21H25N7O2S3. The molecule has 0 bridgehead atoms. The number of hydrogen-bond acceptors (Lipinski definition) is 10. The molecule has 4 rings (SSSR count). The Morgan fingerprint density at radius 3 is 2.06 bits per heavy atom. The van der Waals surface area contributed by atoms with Crippen LogP contribution >= 0.6 is 36.6 Å². The first-order valence-corrected chi connectivity index (χ1v) is 11.5. The third-order valence-electron chi connectivity index (χ3n) is 3.96. The summed E-state index contributed by atoms with van der Waals surface area (Å²) in [6.45, 7) is 0. The van der Waals surface area contributed by atoms with Crippen molar-refractivity contribution in [3.8, 4) is 22.9 Å². The SMILES string of the molecule is C.CNC(=S)Nc1ccc(-c2nnc(CS)o2)cc1.CSc1nnc(-c2ccc(N)cc2)o1. The lowest BCUT2D eigenvalue weighted by Gasteiger charge is -2.06. The predicted octanol–water partition coefficient (Wildman–Crippen LogP) is 4.76. The Morgan fingerprint density at radius 1 is 0.970 bits per heavy atom. The van der Waals surface area contributed by atoms with Crippen molar-refractivity contribution >= 4 is 53.1 Å². The molecule has 0 saturated carbocycles. The number of nitrogens with zero attached hydrogens (tertiary/aromatic N) is 4. The number of aromatic nitrogens is 4. The highest BCUT2D eigenvalue weighted by atomic mass is 32.2. The molecule has 0 atom stereocenters. The van der Waals surface area contributed by atoms with Crippen molar-refractivity contribution in [2.45, 2.75) is 18.4 Å². The minimum atomic E-state index is 0. The molecule has 2 heterocycles. The van der Waals surface area contributed by atoms with Crippen LogP contribution in [0.25, 0.3) is 22.9 Å². The van der Waals surface area contributed by atoms with Crippen molar-refractivity contribution in [1.82, 2.24) is 25.7 Å². The summed E-state index contributed by atoms with van der Waals surface area (Å²) < 4.78 is 10.8. The van der Waals surface area contributed by atoms with Crippen molar-refractivity contribution in [3.63, 3.8) is 0 Å². The Morgan fingerprint density at radius 2 is 1.55 bits per heavy atom. The molecule has 0 fully saturated rings. The van der Waals surface area contributed by atoms with E-state index in [0.29, 0.717) is 33.8 Å². The van der Waals surface area contributed by atoms with Gasteiger partial charge in [0.1, 0.15) is 0 Å². The number of hydrogen-bond donors (Lipinski definition) is 4. The number of benzene rings is 2. The van der Waals surface area contributed by atoms with Crippen molar-refractivity contribution in [2.75, 3.05) is 24.4 Å². The molecule has 4 N–H and O–H groups in total. The maximum atomic E-state index is 5.57. The summed E-state index contributed by atoms with van der Waals surface area (Å²) in [5.74, 6) is 1.95. The van der Waals surface area contributed by atoms with Crippen molar-refractivity contribution < 1.29 is 8.83 Å². The highest BCUT2D eigenvalue weighted by Gasteiger charge is 2.08. The molecule has 0 saturated heterocycles. The van der Waals surface area contributed by atoms with Crippen LogP contribution in [-0.2, 0) is 5.75 Å². The third kappa shape index (κ3) is 7.48. The number of thiol groups is 1. The monoisotopic (exact) mass is 503 g/mol. The number of rotatable bonds is 5. The van der Waals surface area contributed by atoms with E-state index in [-0.39, 0.29) is 7.43 Å². The van der Waals surface area contributed by atoms with Gasteiger partial charge in [-0.25, -0.2) is 0 Å². The Labute approximate surface area is 207 Å². The molecule has 12 heteroatoms. The molecule has 0 radical (unpaired) electrons. The van der Waals surface area contributed by atoms with E-state index in [2.05, 4.69) is 43.7 Å². The van der Waals surface area contributed by atoms with Crippen LogP contribution in [0.1, 0.15) is 13.3 Å². The summed E-state index contributed by atoms with van der Waals surface area (Å²) in [5, 5.41) is 22.6. The largest absolute Gasteiger partial charge is 0.420 e. The van der Waals surface area contributed by atoms with Gasteiger partial charge in [0, 0.05) is 29.5 Å². The minimum Gasteiger partial charge on any atom is -0.420 e. The van der Waals surface area contributed by atoms with Gasteiger partial charge in [0.2, 0.25) is 17.7 Å². The van der Waals surface area contributed by atoms with E-state index in [1.807, 2.05) is 42.7 Å². The van der Waals surface area contributed by atoms with E-state index in [4.69, 9.17) is 26.8 Å². The van der Waals surface area contributed by atoms with Gasteiger partial charge in [-0.2, -0.15) is 12.6 Å². The molecule has 0 aliphatic rings. The van der Waals surface area contributed by atoms with Crippen LogP contribution in [0.15, 0.2) is 62.6 Å². The average molecular weight is 504 g/mol. The maximum absolute atomic E-state index is 5.57. The van der Waals surface area contributed by atoms with E-state index >= 15 is 0 Å². The molecule has 9 nitrogen and oxygen atoms in total. The Kier molecular flexibility index (Phi) is 10.2. The number of nitrogens with one attached hydrogen (secondary N) is 2. The topological polar surface area (TPSA) is 128 Å². The molecule has 0 spiro atoms. The highest BCUT2D eigenvalue weighted by molar-refractivity contribution is 7.98. The van der Waals surface area contributed by atoms with Crippen LogP contribution in [0.5, 0.6) is 0 Å². The fourth-order valence-corrected chi connectivity index (χ4v) is 2.89. The Balaban J connectivity index is 0.000000233. The zero-order valence-corrected chi connectivity index (χ0v) is 19.8. The lowest BCUT2D eigenvalue weighted by Crippen LogP contribution is -2.23. The Hall–Kier alpha value is -3.09.